The minimum absolute atomic E-state index is 0.0523. The van der Waals surface area contributed by atoms with Crippen molar-refractivity contribution in [1.82, 2.24) is 9.88 Å². The van der Waals surface area contributed by atoms with Gasteiger partial charge in [-0.25, -0.2) is 4.98 Å². The van der Waals surface area contributed by atoms with Crippen molar-refractivity contribution in [3.63, 3.8) is 0 Å². The zero-order chi connectivity index (χ0) is 9.68. The largest absolute Gasteiger partial charge is 0.466 e. The van der Waals surface area contributed by atoms with Gasteiger partial charge in [-0.15, -0.1) is 11.3 Å². The van der Waals surface area contributed by atoms with E-state index in [9.17, 15) is 4.79 Å². The number of aromatic nitrogens is 1. The summed E-state index contributed by atoms with van der Waals surface area (Å²) in [7, 11) is 3.86. The number of ether oxygens (including phenoxy) is 1. The molecule has 0 radical (unpaired) electrons. The quantitative estimate of drug-likeness (QED) is 0.663. The Balaban J connectivity index is 2.63. The van der Waals surface area contributed by atoms with E-state index in [1.807, 2.05) is 24.4 Å². The number of likely N-dealkylation sites (N-methyl/N-ethyl adjacent to an activating group) is 1. The average Bonchev–Trinajstić information content (AvgIpc) is 2.57. The summed E-state index contributed by atoms with van der Waals surface area (Å²) in [6.45, 7) is 0.809. The van der Waals surface area contributed by atoms with Crippen molar-refractivity contribution in [3.05, 3.63) is 16.6 Å². The van der Waals surface area contributed by atoms with Crippen LogP contribution in [0.3, 0.4) is 0 Å². The first-order valence-corrected chi connectivity index (χ1v) is 4.79. The van der Waals surface area contributed by atoms with Gasteiger partial charge >= 0.3 is 0 Å². The Kier molecular flexibility index (Phi) is 3.85. The second-order valence-corrected chi connectivity index (χ2v) is 3.54. The van der Waals surface area contributed by atoms with Gasteiger partial charge in [0.2, 0.25) is 0 Å². The molecule has 0 aliphatic rings. The van der Waals surface area contributed by atoms with Crippen molar-refractivity contribution >= 4 is 17.8 Å². The Hall–Kier alpha value is -0.940. The zero-order valence-electron chi connectivity index (χ0n) is 7.64. The number of rotatable bonds is 5. The fourth-order valence-electron chi connectivity index (χ4n) is 1.02. The lowest BCUT2D eigenvalue weighted by molar-refractivity contribution is -0.130. The van der Waals surface area contributed by atoms with Crippen molar-refractivity contribution < 1.29 is 9.53 Å². The molecule has 0 spiro atoms. The average molecular weight is 200 g/mol. The summed E-state index contributed by atoms with van der Waals surface area (Å²) >= 11 is 1.54. The van der Waals surface area contributed by atoms with Gasteiger partial charge < -0.3 is 4.74 Å². The summed E-state index contributed by atoms with van der Waals surface area (Å²) in [5.41, 5.74) is 2.71. The van der Waals surface area contributed by atoms with Crippen LogP contribution in [0, 0.1) is 0 Å². The topological polar surface area (TPSA) is 42.4 Å². The molecule has 0 saturated carbocycles. The van der Waals surface area contributed by atoms with Gasteiger partial charge in [0.05, 0.1) is 17.2 Å². The van der Waals surface area contributed by atoms with Crippen LogP contribution in [-0.4, -0.2) is 37.1 Å². The van der Waals surface area contributed by atoms with Gasteiger partial charge in [-0.3, -0.25) is 9.69 Å². The third-order valence-electron chi connectivity index (χ3n) is 1.74. The highest BCUT2D eigenvalue weighted by Crippen LogP contribution is 2.17. The third kappa shape index (κ3) is 2.78. The van der Waals surface area contributed by atoms with Crippen LogP contribution in [0.5, 0.6) is 0 Å². The third-order valence-corrected chi connectivity index (χ3v) is 2.34. The van der Waals surface area contributed by atoms with E-state index < -0.39 is 0 Å². The summed E-state index contributed by atoms with van der Waals surface area (Å²) in [5, 5.41) is 1.96. The Labute approximate surface area is 81.2 Å². The van der Waals surface area contributed by atoms with Crippen LogP contribution in [0.4, 0.5) is 0 Å². The first kappa shape index (κ1) is 10.1. The van der Waals surface area contributed by atoms with E-state index in [-0.39, 0.29) is 6.04 Å². The Bertz CT molecular complexity index is 249. The first-order chi connectivity index (χ1) is 6.25. The minimum Gasteiger partial charge on any atom is -0.466 e. The molecule has 0 N–H and O–H groups in total. The molecule has 1 aromatic rings. The van der Waals surface area contributed by atoms with E-state index in [2.05, 4.69) is 4.98 Å². The lowest BCUT2D eigenvalue weighted by atomic mass is 10.2. The standard InChI is InChI=1S/C8H12N2O2S/c1-10(2)8(3-12-6-11)7-4-13-5-9-7/h4-6,8H,3H2,1-2H3. The Morgan fingerprint density at radius 2 is 2.54 bits per heavy atom. The maximum atomic E-state index is 10.0. The van der Waals surface area contributed by atoms with Crippen LogP contribution in [0.2, 0.25) is 0 Å². The van der Waals surface area contributed by atoms with Gasteiger partial charge in [0.25, 0.3) is 6.47 Å². The van der Waals surface area contributed by atoms with Gasteiger partial charge in [0.1, 0.15) is 6.61 Å². The zero-order valence-corrected chi connectivity index (χ0v) is 8.45. The molecule has 5 heteroatoms. The molecule has 0 aliphatic carbocycles. The summed E-state index contributed by atoms with van der Waals surface area (Å²) in [5.74, 6) is 0. The molecule has 13 heavy (non-hydrogen) atoms. The lowest BCUT2D eigenvalue weighted by Gasteiger charge is -2.20. The van der Waals surface area contributed by atoms with Crippen LogP contribution in [0.25, 0.3) is 0 Å². The fourth-order valence-corrected chi connectivity index (χ4v) is 1.62. The summed E-state index contributed by atoms with van der Waals surface area (Å²) in [6, 6.07) is 0.0523. The number of hydrogen-bond acceptors (Lipinski definition) is 5. The van der Waals surface area contributed by atoms with Crippen molar-refractivity contribution in [3.8, 4) is 0 Å². The SMILES string of the molecule is CN(C)C(COC=O)c1cscn1. The molecule has 0 fully saturated rings. The highest BCUT2D eigenvalue weighted by Gasteiger charge is 2.16. The van der Waals surface area contributed by atoms with E-state index in [1.54, 1.807) is 5.51 Å². The van der Waals surface area contributed by atoms with Crippen molar-refractivity contribution in [2.75, 3.05) is 20.7 Å². The molecule has 1 atom stereocenters. The monoisotopic (exact) mass is 200 g/mol. The summed E-state index contributed by atoms with van der Waals surface area (Å²) < 4.78 is 4.72. The van der Waals surface area contributed by atoms with E-state index >= 15 is 0 Å². The smallest absolute Gasteiger partial charge is 0.293 e. The summed E-state index contributed by atoms with van der Waals surface area (Å²) in [4.78, 5) is 16.2. The van der Waals surface area contributed by atoms with E-state index in [0.29, 0.717) is 13.1 Å². The Morgan fingerprint density at radius 1 is 1.77 bits per heavy atom. The van der Waals surface area contributed by atoms with Gasteiger partial charge in [0.15, 0.2) is 0 Å². The predicted octanol–water partition coefficient (Wildman–Crippen LogP) is 0.919. The Morgan fingerprint density at radius 3 is 3.00 bits per heavy atom. The predicted molar refractivity (Wildman–Crippen MR) is 50.6 cm³/mol. The second-order valence-electron chi connectivity index (χ2n) is 2.82. The molecule has 1 rings (SSSR count). The molecule has 0 amide bonds. The molecule has 1 heterocycles. The number of thiazole rings is 1. The number of carbonyl (C=O) groups is 1. The number of nitrogens with zero attached hydrogens (tertiary/aromatic N) is 2. The number of carbonyl (C=O) groups excluding carboxylic acids is 1. The van der Waals surface area contributed by atoms with Gasteiger partial charge in [0, 0.05) is 5.38 Å². The second kappa shape index (κ2) is 4.94. The van der Waals surface area contributed by atoms with Crippen molar-refractivity contribution in [1.29, 1.82) is 0 Å². The molecule has 0 bridgehead atoms. The molecule has 1 unspecified atom stereocenters. The van der Waals surface area contributed by atoms with Crippen LogP contribution >= 0.6 is 11.3 Å². The normalized spacial score (nSPS) is 12.8. The lowest BCUT2D eigenvalue weighted by Crippen LogP contribution is -2.24. The van der Waals surface area contributed by atoms with Crippen LogP contribution in [-0.2, 0) is 9.53 Å². The molecule has 0 saturated heterocycles. The number of hydrogen-bond donors (Lipinski definition) is 0. The molecule has 72 valence electrons. The van der Waals surface area contributed by atoms with Gasteiger partial charge in [-0.05, 0) is 14.1 Å². The van der Waals surface area contributed by atoms with Crippen LogP contribution in [0.1, 0.15) is 11.7 Å². The molecule has 0 aliphatic heterocycles. The molecule has 0 aromatic carbocycles. The van der Waals surface area contributed by atoms with Crippen LogP contribution < -0.4 is 0 Å². The maximum Gasteiger partial charge on any atom is 0.293 e. The highest BCUT2D eigenvalue weighted by atomic mass is 32.1. The summed E-state index contributed by atoms with van der Waals surface area (Å²) in [6.07, 6.45) is 0. The highest BCUT2D eigenvalue weighted by molar-refractivity contribution is 7.07. The van der Waals surface area contributed by atoms with Crippen molar-refractivity contribution in [2.24, 2.45) is 0 Å². The van der Waals surface area contributed by atoms with E-state index in [1.165, 1.54) is 11.3 Å². The fraction of sp³-hybridized carbons (Fsp3) is 0.500. The molecule has 1 aromatic heterocycles. The van der Waals surface area contributed by atoms with Crippen LogP contribution in [0.15, 0.2) is 10.9 Å². The minimum atomic E-state index is 0.0523. The van der Waals surface area contributed by atoms with E-state index in [0.717, 1.165) is 5.69 Å². The van der Waals surface area contributed by atoms with Crippen molar-refractivity contribution in [2.45, 2.75) is 6.04 Å². The molecular weight excluding hydrogens is 188 g/mol. The molecule has 4 nitrogen and oxygen atoms in total. The maximum absolute atomic E-state index is 10.0. The van der Waals surface area contributed by atoms with Gasteiger partial charge in [-0.2, -0.15) is 0 Å². The van der Waals surface area contributed by atoms with E-state index in [4.69, 9.17) is 4.74 Å². The first-order valence-electron chi connectivity index (χ1n) is 3.85. The molecular formula is C8H12N2O2S. The van der Waals surface area contributed by atoms with Gasteiger partial charge in [-0.1, -0.05) is 0 Å².